The second-order valence-corrected chi connectivity index (χ2v) is 5.28. The van der Waals surface area contributed by atoms with Crippen molar-refractivity contribution in [2.24, 2.45) is 5.73 Å². The highest BCUT2D eigenvalue weighted by Crippen LogP contribution is 2.22. The van der Waals surface area contributed by atoms with Gasteiger partial charge in [-0.05, 0) is 36.8 Å². The van der Waals surface area contributed by atoms with Gasteiger partial charge in [-0.1, -0.05) is 12.1 Å². The molecule has 0 heterocycles. The first-order valence-electron chi connectivity index (χ1n) is 7.39. The van der Waals surface area contributed by atoms with Crippen LogP contribution in [0.3, 0.4) is 0 Å². The van der Waals surface area contributed by atoms with Crippen molar-refractivity contribution in [1.29, 1.82) is 0 Å². The predicted molar refractivity (Wildman–Crippen MR) is 87.9 cm³/mol. The molecule has 0 aromatic heterocycles. The molecule has 6 nitrogen and oxygen atoms in total. The number of rotatable bonds is 6. The lowest BCUT2D eigenvalue weighted by Crippen LogP contribution is -2.44. The second kappa shape index (κ2) is 8.09. The molecule has 132 valence electrons. The molecule has 0 unspecified atom stereocenters. The van der Waals surface area contributed by atoms with Crippen LogP contribution in [-0.2, 0) is 11.4 Å². The molecule has 0 spiro atoms. The van der Waals surface area contributed by atoms with Crippen molar-refractivity contribution in [2.45, 2.75) is 19.6 Å². The Hall–Kier alpha value is -3.16. The number of benzene rings is 2. The minimum absolute atomic E-state index is 0.0000482. The van der Waals surface area contributed by atoms with E-state index >= 15 is 0 Å². The molecule has 0 saturated heterocycles. The number of amides is 3. The maximum Gasteiger partial charge on any atom is 0.312 e. The molecule has 25 heavy (non-hydrogen) atoms. The molecule has 2 aromatic carbocycles. The van der Waals surface area contributed by atoms with Gasteiger partial charge in [0.25, 0.3) is 0 Å². The van der Waals surface area contributed by atoms with Crippen LogP contribution in [0, 0.1) is 11.6 Å². The van der Waals surface area contributed by atoms with Crippen molar-refractivity contribution in [3.05, 3.63) is 59.7 Å². The van der Waals surface area contributed by atoms with Gasteiger partial charge in [0.05, 0.1) is 0 Å². The zero-order chi connectivity index (χ0) is 18.4. The van der Waals surface area contributed by atoms with Crippen molar-refractivity contribution in [3.8, 4) is 5.75 Å². The first-order valence-corrected chi connectivity index (χ1v) is 7.39. The third kappa shape index (κ3) is 5.45. The van der Waals surface area contributed by atoms with Crippen molar-refractivity contribution in [3.63, 3.8) is 0 Å². The van der Waals surface area contributed by atoms with Gasteiger partial charge in [0.1, 0.15) is 18.5 Å². The molecule has 3 amide bonds. The Morgan fingerprint density at radius 1 is 1.20 bits per heavy atom. The summed E-state index contributed by atoms with van der Waals surface area (Å²) in [6.07, 6.45) is 0. The molecular formula is C17H17F2N3O3. The highest BCUT2D eigenvalue weighted by Gasteiger charge is 2.15. The molecule has 4 N–H and O–H groups in total. The van der Waals surface area contributed by atoms with Gasteiger partial charge in [0.15, 0.2) is 11.6 Å². The molecule has 0 radical (unpaired) electrons. The Labute approximate surface area is 143 Å². The van der Waals surface area contributed by atoms with Crippen LogP contribution in [0.2, 0.25) is 0 Å². The first kappa shape index (κ1) is 18.2. The Kier molecular flexibility index (Phi) is 5.89. The highest BCUT2D eigenvalue weighted by molar-refractivity contribution is 5.96. The molecule has 2 aromatic rings. The summed E-state index contributed by atoms with van der Waals surface area (Å²) in [4.78, 5) is 22.5. The Morgan fingerprint density at radius 3 is 2.60 bits per heavy atom. The molecule has 0 fully saturated rings. The van der Waals surface area contributed by atoms with Gasteiger partial charge in [-0.25, -0.2) is 13.6 Å². The van der Waals surface area contributed by atoms with Crippen LogP contribution in [0.4, 0.5) is 19.3 Å². The van der Waals surface area contributed by atoms with E-state index in [4.69, 9.17) is 10.5 Å². The largest absolute Gasteiger partial charge is 0.486 e. The average molecular weight is 349 g/mol. The van der Waals surface area contributed by atoms with Crippen LogP contribution in [0.1, 0.15) is 12.5 Å². The van der Waals surface area contributed by atoms with Gasteiger partial charge in [-0.15, -0.1) is 0 Å². The van der Waals surface area contributed by atoms with E-state index < -0.39 is 29.6 Å². The SMILES string of the molecule is C[C@@H](NC(N)=O)C(=O)Nc1ccc(OCc2cccc(F)c2)c(F)c1. The Bertz CT molecular complexity index is 783. The molecule has 2 rings (SSSR count). The number of carbonyl (C=O) groups excluding carboxylic acids is 2. The number of hydrogen-bond donors (Lipinski definition) is 3. The quantitative estimate of drug-likeness (QED) is 0.748. The topological polar surface area (TPSA) is 93.5 Å². The maximum absolute atomic E-state index is 14.1. The number of halogens is 2. The van der Waals surface area contributed by atoms with Gasteiger partial charge in [-0.2, -0.15) is 0 Å². The molecule has 8 heteroatoms. The van der Waals surface area contributed by atoms with Crippen molar-refractivity contribution >= 4 is 17.6 Å². The summed E-state index contributed by atoms with van der Waals surface area (Å²) in [5.74, 6) is -1.68. The number of hydrogen-bond acceptors (Lipinski definition) is 3. The Balaban J connectivity index is 1.98. The van der Waals surface area contributed by atoms with Crippen LogP contribution >= 0.6 is 0 Å². The van der Waals surface area contributed by atoms with Crippen molar-refractivity contribution < 1.29 is 23.1 Å². The lowest BCUT2D eigenvalue weighted by molar-refractivity contribution is -0.117. The van der Waals surface area contributed by atoms with E-state index in [9.17, 15) is 18.4 Å². The van der Waals surface area contributed by atoms with Crippen LogP contribution in [-0.4, -0.2) is 18.0 Å². The molecule has 0 bridgehead atoms. The molecule has 1 atom stereocenters. The van der Waals surface area contributed by atoms with E-state index in [-0.39, 0.29) is 18.0 Å². The summed E-state index contributed by atoms with van der Waals surface area (Å²) >= 11 is 0. The van der Waals surface area contributed by atoms with E-state index in [0.717, 1.165) is 6.07 Å². The maximum atomic E-state index is 14.1. The van der Waals surface area contributed by atoms with Gasteiger partial charge in [-0.3, -0.25) is 4.79 Å². The van der Waals surface area contributed by atoms with Gasteiger partial charge < -0.3 is 21.1 Å². The van der Waals surface area contributed by atoms with Crippen LogP contribution < -0.4 is 21.1 Å². The standard InChI is InChI=1S/C17H17F2N3O3/c1-10(21-17(20)24)16(23)22-13-5-6-15(14(19)8-13)25-9-11-3-2-4-12(18)7-11/h2-8,10H,9H2,1H3,(H,22,23)(H3,20,21,24)/t10-/m1/s1. The fraction of sp³-hybridized carbons (Fsp3) is 0.176. The third-order valence-electron chi connectivity index (χ3n) is 3.23. The zero-order valence-corrected chi connectivity index (χ0v) is 13.4. The number of nitrogens with one attached hydrogen (secondary N) is 2. The fourth-order valence-electron chi connectivity index (χ4n) is 2.01. The number of urea groups is 1. The monoisotopic (exact) mass is 349 g/mol. The van der Waals surface area contributed by atoms with E-state index in [0.29, 0.717) is 5.56 Å². The van der Waals surface area contributed by atoms with E-state index in [1.165, 1.54) is 37.3 Å². The highest BCUT2D eigenvalue weighted by atomic mass is 19.1. The van der Waals surface area contributed by atoms with Gasteiger partial charge in [0.2, 0.25) is 5.91 Å². The zero-order valence-electron chi connectivity index (χ0n) is 13.4. The van der Waals surface area contributed by atoms with E-state index in [1.54, 1.807) is 6.07 Å². The minimum Gasteiger partial charge on any atom is -0.486 e. The van der Waals surface area contributed by atoms with Crippen molar-refractivity contribution in [1.82, 2.24) is 5.32 Å². The second-order valence-electron chi connectivity index (χ2n) is 5.28. The van der Waals surface area contributed by atoms with E-state index in [1.807, 2.05) is 0 Å². The number of anilines is 1. The van der Waals surface area contributed by atoms with Gasteiger partial charge in [0, 0.05) is 11.8 Å². The van der Waals surface area contributed by atoms with Crippen molar-refractivity contribution in [2.75, 3.05) is 5.32 Å². The van der Waals surface area contributed by atoms with Crippen LogP contribution in [0.25, 0.3) is 0 Å². The Morgan fingerprint density at radius 2 is 1.96 bits per heavy atom. The number of nitrogens with two attached hydrogens (primary N) is 1. The van der Waals surface area contributed by atoms with Crippen LogP contribution in [0.15, 0.2) is 42.5 Å². The third-order valence-corrected chi connectivity index (χ3v) is 3.23. The minimum atomic E-state index is -0.871. The first-order chi connectivity index (χ1) is 11.8. The van der Waals surface area contributed by atoms with Crippen LogP contribution in [0.5, 0.6) is 5.75 Å². The van der Waals surface area contributed by atoms with Gasteiger partial charge >= 0.3 is 6.03 Å². The number of ether oxygens (including phenoxy) is 1. The summed E-state index contributed by atoms with van der Waals surface area (Å²) in [6, 6.07) is 7.94. The smallest absolute Gasteiger partial charge is 0.312 e. The fourth-order valence-corrected chi connectivity index (χ4v) is 2.01. The molecule has 0 aliphatic rings. The lowest BCUT2D eigenvalue weighted by Gasteiger charge is -2.13. The molecular weight excluding hydrogens is 332 g/mol. The normalized spacial score (nSPS) is 11.5. The molecule has 0 aliphatic heterocycles. The summed E-state index contributed by atoms with van der Waals surface area (Å²) < 4.78 is 32.5. The summed E-state index contributed by atoms with van der Waals surface area (Å²) in [6.45, 7) is 1.44. The summed E-state index contributed by atoms with van der Waals surface area (Å²) in [5, 5.41) is 4.65. The average Bonchev–Trinajstić information content (AvgIpc) is 2.53. The number of carbonyl (C=O) groups is 2. The number of primary amides is 1. The summed E-state index contributed by atoms with van der Waals surface area (Å²) in [7, 11) is 0. The predicted octanol–water partition coefficient (Wildman–Crippen LogP) is 2.54. The lowest BCUT2D eigenvalue weighted by atomic mass is 10.2. The molecule has 0 aliphatic carbocycles. The molecule has 0 saturated carbocycles. The van der Waals surface area contributed by atoms with E-state index in [2.05, 4.69) is 10.6 Å². The summed E-state index contributed by atoms with van der Waals surface area (Å²) in [5.41, 5.74) is 5.68.